The predicted octanol–water partition coefficient (Wildman–Crippen LogP) is 3.62. The number of aryl methyl sites for hydroxylation is 3. The maximum Gasteiger partial charge on any atom is 0.240 e. The quantitative estimate of drug-likeness (QED) is 0.759. The highest BCUT2D eigenvalue weighted by atomic mass is 32.2. The molecule has 1 N–H and O–H groups in total. The molecule has 25 heavy (non-hydrogen) atoms. The van der Waals surface area contributed by atoms with E-state index in [1.54, 1.807) is 6.07 Å². The number of nitrogens with zero attached hydrogens (tertiary/aromatic N) is 1. The number of hydrogen-bond acceptors (Lipinski definition) is 2. The fourth-order valence-electron chi connectivity index (χ4n) is 3.40. The number of fused-ring (bicyclic) bond motifs is 1. The van der Waals surface area contributed by atoms with E-state index >= 15 is 0 Å². The molecule has 3 rings (SSSR count). The largest absolute Gasteiger partial charge is 0.348 e. The van der Waals surface area contributed by atoms with Gasteiger partial charge in [-0.3, -0.25) is 0 Å². The molecule has 132 valence electrons. The van der Waals surface area contributed by atoms with Gasteiger partial charge >= 0.3 is 0 Å². The first-order valence-electron chi connectivity index (χ1n) is 8.41. The molecule has 0 atom stereocenters. The van der Waals surface area contributed by atoms with Crippen LogP contribution in [0.5, 0.6) is 0 Å². The first-order chi connectivity index (χ1) is 11.8. The zero-order valence-electron chi connectivity index (χ0n) is 15.1. The standard InChI is InChI=1S/C20H24N2O2S/c1-14-9-10-20(15(2)13-14)25(23,24)21-12-11-17-16(3)22(4)19-8-6-5-7-18(17)19/h5-10,13,21H,11-12H2,1-4H3. The molecule has 0 radical (unpaired) electrons. The number of nitrogens with one attached hydrogen (secondary N) is 1. The van der Waals surface area contributed by atoms with Crippen molar-refractivity contribution in [3.05, 3.63) is 64.8 Å². The lowest BCUT2D eigenvalue weighted by Gasteiger charge is -2.10. The summed E-state index contributed by atoms with van der Waals surface area (Å²) in [4.78, 5) is 0.354. The Labute approximate surface area is 149 Å². The summed E-state index contributed by atoms with van der Waals surface area (Å²) in [5, 5.41) is 1.19. The fraction of sp³-hybridized carbons (Fsp3) is 0.300. The molecule has 3 aromatic rings. The van der Waals surface area contributed by atoms with Crippen molar-refractivity contribution in [3.63, 3.8) is 0 Å². The van der Waals surface area contributed by atoms with Gasteiger partial charge in [0.15, 0.2) is 0 Å². The highest BCUT2D eigenvalue weighted by Crippen LogP contribution is 2.25. The Morgan fingerprint density at radius 1 is 1.04 bits per heavy atom. The molecule has 2 aromatic carbocycles. The third-order valence-corrected chi connectivity index (χ3v) is 6.44. The molecule has 1 heterocycles. The van der Waals surface area contributed by atoms with Gasteiger partial charge in [0.25, 0.3) is 0 Å². The van der Waals surface area contributed by atoms with Gasteiger partial charge in [0, 0.05) is 30.2 Å². The van der Waals surface area contributed by atoms with E-state index in [2.05, 4.69) is 28.3 Å². The summed E-state index contributed by atoms with van der Waals surface area (Å²) in [6.07, 6.45) is 0.664. The third-order valence-electron chi connectivity index (χ3n) is 4.82. The third kappa shape index (κ3) is 3.34. The van der Waals surface area contributed by atoms with E-state index in [0.717, 1.165) is 11.1 Å². The van der Waals surface area contributed by atoms with Gasteiger partial charge in [0.05, 0.1) is 4.90 Å². The monoisotopic (exact) mass is 356 g/mol. The lowest BCUT2D eigenvalue weighted by molar-refractivity contribution is 0.581. The smallest absolute Gasteiger partial charge is 0.240 e. The number of sulfonamides is 1. The molecule has 0 saturated carbocycles. The van der Waals surface area contributed by atoms with Crippen LogP contribution in [0.4, 0.5) is 0 Å². The predicted molar refractivity (Wildman–Crippen MR) is 102 cm³/mol. The lowest BCUT2D eigenvalue weighted by atomic mass is 10.1. The number of benzene rings is 2. The van der Waals surface area contributed by atoms with Crippen molar-refractivity contribution in [2.75, 3.05) is 6.54 Å². The zero-order chi connectivity index (χ0) is 18.2. The molecule has 5 heteroatoms. The summed E-state index contributed by atoms with van der Waals surface area (Å²) in [5.41, 5.74) is 5.37. The van der Waals surface area contributed by atoms with Crippen molar-refractivity contribution in [2.45, 2.75) is 32.1 Å². The Kier molecular flexibility index (Phi) is 4.71. The Hall–Kier alpha value is -2.11. The van der Waals surface area contributed by atoms with Crippen LogP contribution < -0.4 is 4.72 Å². The zero-order valence-corrected chi connectivity index (χ0v) is 15.9. The van der Waals surface area contributed by atoms with Gasteiger partial charge in [0.2, 0.25) is 10.0 Å². The van der Waals surface area contributed by atoms with Gasteiger partial charge in [-0.1, -0.05) is 35.9 Å². The van der Waals surface area contributed by atoms with Gasteiger partial charge in [-0.05, 0) is 50.5 Å². The van der Waals surface area contributed by atoms with Crippen LogP contribution in [-0.4, -0.2) is 19.5 Å². The first-order valence-corrected chi connectivity index (χ1v) is 9.89. The SMILES string of the molecule is Cc1ccc(S(=O)(=O)NCCc2c(C)n(C)c3ccccc23)c(C)c1. The highest BCUT2D eigenvalue weighted by Gasteiger charge is 2.17. The minimum absolute atomic E-state index is 0.354. The molecule has 1 aromatic heterocycles. The van der Waals surface area contributed by atoms with Crippen molar-refractivity contribution in [2.24, 2.45) is 7.05 Å². The Bertz CT molecular complexity index is 1030. The molecule has 0 amide bonds. The summed E-state index contributed by atoms with van der Waals surface area (Å²) < 4.78 is 30.1. The minimum atomic E-state index is -3.49. The molecule has 4 nitrogen and oxygen atoms in total. The normalized spacial score (nSPS) is 12.0. The number of aromatic nitrogens is 1. The number of hydrogen-bond donors (Lipinski definition) is 1. The van der Waals surface area contributed by atoms with E-state index < -0.39 is 10.0 Å². The summed E-state index contributed by atoms with van der Waals surface area (Å²) in [5.74, 6) is 0. The van der Waals surface area contributed by atoms with Crippen LogP contribution in [0.3, 0.4) is 0 Å². The van der Waals surface area contributed by atoms with Crippen LogP contribution in [0.25, 0.3) is 10.9 Å². The number of para-hydroxylation sites is 1. The molecule has 0 spiro atoms. The van der Waals surface area contributed by atoms with Crippen LogP contribution in [-0.2, 0) is 23.5 Å². The van der Waals surface area contributed by atoms with Gasteiger partial charge in [-0.25, -0.2) is 13.1 Å². The second-order valence-corrected chi connectivity index (χ2v) is 8.29. The van der Waals surface area contributed by atoms with Gasteiger partial charge in [0.1, 0.15) is 0 Å². The second-order valence-electron chi connectivity index (χ2n) is 6.56. The highest BCUT2D eigenvalue weighted by molar-refractivity contribution is 7.89. The summed E-state index contributed by atoms with van der Waals surface area (Å²) in [6.45, 7) is 6.25. The van der Waals surface area contributed by atoms with Crippen LogP contribution in [0, 0.1) is 20.8 Å². The average molecular weight is 356 g/mol. The van der Waals surface area contributed by atoms with E-state index in [4.69, 9.17) is 0 Å². The molecule has 0 unspecified atom stereocenters. The molecule has 0 bridgehead atoms. The molecule has 0 saturated heterocycles. The lowest BCUT2D eigenvalue weighted by Crippen LogP contribution is -2.26. The van der Waals surface area contributed by atoms with Crippen molar-refractivity contribution < 1.29 is 8.42 Å². The van der Waals surface area contributed by atoms with Gasteiger partial charge < -0.3 is 4.57 Å². The Morgan fingerprint density at radius 2 is 1.76 bits per heavy atom. The molecular formula is C20H24N2O2S. The van der Waals surface area contributed by atoms with Crippen molar-refractivity contribution >= 4 is 20.9 Å². The molecular weight excluding hydrogens is 332 g/mol. The second kappa shape index (κ2) is 6.65. The maximum atomic E-state index is 12.6. The first kappa shape index (κ1) is 17.7. The van der Waals surface area contributed by atoms with E-state index in [1.807, 2.05) is 45.2 Å². The van der Waals surface area contributed by atoms with Crippen LogP contribution >= 0.6 is 0 Å². The van der Waals surface area contributed by atoms with E-state index in [1.165, 1.54) is 22.2 Å². The van der Waals surface area contributed by atoms with E-state index in [-0.39, 0.29) is 0 Å². The van der Waals surface area contributed by atoms with Crippen molar-refractivity contribution in [3.8, 4) is 0 Å². The molecule has 0 aliphatic carbocycles. The number of rotatable bonds is 5. The maximum absolute atomic E-state index is 12.6. The molecule has 0 fully saturated rings. The Morgan fingerprint density at radius 3 is 2.48 bits per heavy atom. The molecule has 0 aliphatic rings. The van der Waals surface area contributed by atoms with E-state index in [9.17, 15) is 8.42 Å². The van der Waals surface area contributed by atoms with Gasteiger partial charge in [-0.15, -0.1) is 0 Å². The minimum Gasteiger partial charge on any atom is -0.348 e. The average Bonchev–Trinajstić information content (AvgIpc) is 2.80. The summed E-state index contributed by atoms with van der Waals surface area (Å²) >= 11 is 0. The topological polar surface area (TPSA) is 51.1 Å². The van der Waals surface area contributed by atoms with E-state index in [0.29, 0.717) is 17.9 Å². The Balaban J connectivity index is 1.80. The fourth-order valence-corrected chi connectivity index (χ4v) is 4.66. The van der Waals surface area contributed by atoms with Crippen molar-refractivity contribution in [1.82, 2.24) is 9.29 Å². The van der Waals surface area contributed by atoms with Gasteiger partial charge in [-0.2, -0.15) is 0 Å². The van der Waals surface area contributed by atoms with Crippen molar-refractivity contribution in [1.29, 1.82) is 0 Å². The molecule has 0 aliphatic heterocycles. The van der Waals surface area contributed by atoms with Crippen LogP contribution in [0.2, 0.25) is 0 Å². The summed E-state index contributed by atoms with van der Waals surface area (Å²) in [6, 6.07) is 13.6. The summed E-state index contributed by atoms with van der Waals surface area (Å²) in [7, 11) is -1.45. The van der Waals surface area contributed by atoms with Crippen LogP contribution in [0.15, 0.2) is 47.4 Å². The van der Waals surface area contributed by atoms with Crippen LogP contribution in [0.1, 0.15) is 22.4 Å².